The molecule has 2 heterocycles. The minimum atomic E-state index is -0.562. The number of Topliss-reactive ketones (excluding diaryl/α,β-unsaturated/α-hetero) is 1. The van der Waals surface area contributed by atoms with Crippen LogP contribution in [0.1, 0.15) is 66.2 Å². The summed E-state index contributed by atoms with van der Waals surface area (Å²) in [6.07, 6.45) is 4.52. The molecule has 3 nitrogen and oxygen atoms in total. The average molecular weight is 400 g/mol. The highest BCUT2D eigenvalue weighted by molar-refractivity contribution is 7.14. The van der Waals surface area contributed by atoms with Gasteiger partial charge in [-0.2, -0.15) is 0 Å². The lowest BCUT2D eigenvalue weighted by atomic mass is 9.78. The molecule has 0 unspecified atom stereocenters. The van der Waals surface area contributed by atoms with Crippen LogP contribution in [-0.2, 0) is 28.6 Å². The monoisotopic (exact) mass is 400 g/mol. The van der Waals surface area contributed by atoms with Crippen LogP contribution in [-0.4, -0.2) is 24.1 Å². The second kappa shape index (κ2) is 7.08. The molecule has 148 valence electrons. The van der Waals surface area contributed by atoms with E-state index in [4.69, 9.17) is 9.31 Å². The first-order valence-electron chi connectivity index (χ1n) is 9.95. The van der Waals surface area contributed by atoms with Gasteiger partial charge in [0, 0.05) is 11.3 Å². The number of hydrogen-bond donors (Lipinski definition) is 0. The summed E-state index contributed by atoms with van der Waals surface area (Å²) in [5, 5.41) is 0. The van der Waals surface area contributed by atoms with Crippen molar-refractivity contribution in [3.05, 3.63) is 51.0 Å². The SMILES string of the molecule is CC1(C)OB(c2ccc(F)c(CC(=O)c3cc4c(s3)CCCC4)c2)OC1(C)C. The van der Waals surface area contributed by atoms with Crippen molar-refractivity contribution in [1.82, 2.24) is 0 Å². The van der Waals surface area contributed by atoms with Gasteiger partial charge in [0.2, 0.25) is 0 Å². The van der Waals surface area contributed by atoms with Crippen LogP contribution < -0.4 is 5.46 Å². The molecule has 0 bridgehead atoms. The smallest absolute Gasteiger partial charge is 0.399 e. The van der Waals surface area contributed by atoms with Gasteiger partial charge in [0.1, 0.15) is 5.82 Å². The minimum absolute atomic E-state index is 0.0237. The molecule has 1 aromatic heterocycles. The first-order valence-corrected chi connectivity index (χ1v) is 10.8. The zero-order valence-corrected chi connectivity index (χ0v) is 17.7. The van der Waals surface area contributed by atoms with Gasteiger partial charge < -0.3 is 9.31 Å². The van der Waals surface area contributed by atoms with Gasteiger partial charge in [-0.25, -0.2) is 4.39 Å². The van der Waals surface area contributed by atoms with Crippen molar-refractivity contribution in [2.75, 3.05) is 0 Å². The van der Waals surface area contributed by atoms with Crippen LogP contribution in [0, 0.1) is 5.82 Å². The minimum Gasteiger partial charge on any atom is -0.399 e. The standard InChI is InChI=1S/C22H26BFO3S/c1-21(2)22(3,4)27-23(26-21)16-9-10-17(24)15(11-16)12-18(25)20-13-14-7-5-6-8-19(14)28-20/h9-11,13H,5-8,12H2,1-4H3. The van der Waals surface area contributed by atoms with Gasteiger partial charge in [-0.15, -0.1) is 11.3 Å². The predicted octanol–water partition coefficient (Wildman–Crippen LogP) is 4.49. The zero-order valence-electron chi connectivity index (χ0n) is 16.9. The molecular weight excluding hydrogens is 374 g/mol. The lowest BCUT2D eigenvalue weighted by molar-refractivity contribution is 0.00578. The summed E-state index contributed by atoms with van der Waals surface area (Å²) >= 11 is 1.58. The van der Waals surface area contributed by atoms with Crippen LogP contribution in [0.15, 0.2) is 24.3 Å². The lowest BCUT2D eigenvalue weighted by Gasteiger charge is -2.32. The Morgan fingerprint density at radius 3 is 2.46 bits per heavy atom. The summed E-state index contributed by atoms with van der Waals surface area (Å²) in [4.78, 5) is 14.9. The first-order chi connectivity index (χ1) is 13.2. The summed E-state index contributed by atoms with van der Waals surface area (Å²) in [6.45, 7) is 7.94. The second-order valence-corrected chi connectivity index (χ2v) is 9.94. The maximum Gasteiger partial charge on any atom is 0.494 e. The van der Waals surface area contributed by atoms with E-state index >= 15 is 0 Å². The second-order valence-electron chi connectivity index (χ2n) is 8.81. The fourth-order valence-electron chi connectivity index (χ4n) is 3.74. The lowest BCUT2D eigenvalue weighted by Crippen LogP contribution is -2.41. The van der Waals surface area contributed by atoms with Crippen molar-refractivity contribution in [2.45, 2.75) is 71.0 Å². The Kier molecular flexibility index (Phi) is 5.01. The summed E-state index contributed by atoms with van der Waals surface area (Å²) in [5.41, 5.74) is 1.51. The Morgan fingerprint density at radius 2 is 1.79 bits per heavy atom. The molecule has 1 aliphatic heterocycles. The van der Waals surface area contributed by atoms with Crippen molar-refractivity contribution in [3.8, 4) is 0 Å². The van der Waals surface area contributed by atoms with Crippen LogP contribution in [0.4, 0.5) is 4.39 Å². The quantitative estimate of drug-likeness (QED) is 0.561. The molecule has 1 aliphatic carbocycles. The van der Waals surface area contributed by atoms with Crippen molar-refractivity contribution in [1.29, 1.82) is 0 Å². The molecule has 1 saturated heterocycles. The van der Waals surface area contributed by atoms with Crippen LogP contribution >= 0.6 is 11.3 Å². The van der Waals surface area contributed by atoms with E-state index in [-0.39, 0.29) is 18.0 Å². The molecule has 4 rings (SSSR count). The molecule has 0 atom stereocenters. The third-order valence-corrected chi connectivity index (χ3v) is 7.50. The Labute approximate surface area is 170 Å². The third kappa shape index (κ3) is 3.58. The highest BCUT2D eigenvalue weighted by atomic mass is 32.1. The van der Waals surface area contributed by atoms with Crippen LogP contribution in [0.3, 0.4) is 0 Å². The van der Waals surface area contributed by atoms with Crippen LogP contribution in [0.25, 0.3) is 0 Å². The molecular formula is C22H26BFO3S. The molecule has 6 heteroatoms. The summed E-state index contributed by atoms with van der Waals surface area (Å²) < 4.78 is 26.6. The largest absolute Gasteiger partial charge is 0.494 e. The van der Waals surface area contributed by atoms with E-state index in [0.717, 1.165) is 23.2 Å². The number of hydrogen-bond acceptors (Lipinski definition) is 4. The highest BCUT2D eigenvalue weighted by Gasteiger charge is 2.51. The molecule has 2 aliphatic rings. The average Bonchev–Trinajstić information content (AvgIpc) is 3.15. The van der Waals surface area contributed by atoms with Gasteiger partial charge in [-0.3, -0.25) is 4.79 Å². The Hall–Kier alpha value is -1.50. The van der Waals surface area contributed by atoms with Gasteiger partial charge in [0.05, 0.1) is 16.1 Å². The van der Waals surface area contributed by atoms with E-state index in [1.54, 1.807) is 23.5 Å². The summed E-state index contributed by atoms with van der Waals surface area (Å²) in [7, 11) is -0.562. The number of fused-ring (bicyclic) bond motifs is 1. The Morgan fingerprint density at radius 1 is 1.11 bits per heavy atom. The van der Waals surface area contributed by atoms with E-state index in [9.17, 15) is 9.18 Å². The number of benzene rings is 1. The number of aryl methyl sites for hydroxylation is 2. The van der Waals surface area contributed by atoms with Gasteiger partial charge in [0.15, 0.2) is 5.78 Å². The number of thiophene rings is 1. The molecule has 0 amide bonds. The van der Waals surface area contributed by atoms with Gasteiger partial charge >= 0.3 is 7.12 Å². The van der Waals surface area contributed by atoms with Crippen LogP contribution in [0.2, 0.25) is 0 Å². The summed E-state index contributed by atoms with van der Waals surface area (Å²) in [6, 6.07) is 6.80. The first kappa shape index (κ1) is 19.8. The van der Waals surface area contributed by atoms with Gasteiger partial charge in [0.25, 0.3) is 0 Å². The number of rotatable bonds is 4. The fraction of sp³-hybridized carbons (Fsp3) is 0.500. The number of ketones is 1. The molecule has 2 aromatic rings. The number of carbonyl (C=O) groups excluding carboxylic acids is 1. The highest BCUT2D eigenvalue weighted by Crippen LogP contribution is 2.36. The normalized spacial score (nSPS) is 20.2. The Bertz CT molecular complexity index is 879. The van der Waals surface area contributed by atoms with Crippen molar-refractivity contribution >= 4 is 29.7 Å². The maximum absolute atomic E-state index is 14.4. The van der Waals surface area contributed by atoms with Crippen molar-refractivity contribution in [3.63, 3.8) is 0 Å². The third-order valence-electron chi connectivity index (χ3n) is 6.22. The molecule has 1 fully saturated rings. The van der Waals surface area contributed by atoms with E-state index in [1.165, 1.54) is 29.3 Å². The molecule has 1 aromatic carbocycles. The van der Waals surface area contributed by atoms with Crippen molar-refractivity contribution < 1.29 is 18.5 Å². The zero-order chi connectivity index (χ0) is 20.1. The molecule has 0 saturated carbocycles. The number of carbonyl (C=O) groups is 1. The van der Waals surface area contributed by atoms with Crippen molar-refractivity contribution in [2.24, 2.45) is 0 Å². The molecule has 28 heavy (non-hydrogen) atoms. The molecule has 0 N–H and O–H groups in total. The van der Waals surface area contributed by atoms with Gasteiger partial charge in [-0.1, -0.05) is 12.1 Å². The Balaban J connectivity index is 1.55. The fourth-order valence-corrected chi connectivity index (χ4v) is 4.94. The maximum atomic E-state index is 14.4. The van der Waals surface area contributed by atoms with Crippen LogP contribution in [0.5, 0.6) is 0 Å². The molecule has 0 radical (unpaired) electrons. The predicted molar refractivity (Wildman–Crippen MR) is 111 cm³/mol. The molecule has 0 spiro atoms. The van der Waals surface area contributed by atoms with E-state index < -0.39 is 18.3 Å². The van der Waals surface area contributed by atoms with E-state index in [1.807, 2.05) is 33.8 Å². The van der Waals surface area contributed by atoms with E-state index in [0.29, 0.717) is 5.56 Å². The van der Waals surface area contributed by atoms with E-state index in [2.05, 4.69) is 0 Å². The summed E-state index contributed by atoms with van der Waals surface area (Å²) in [5.74, 6) is -0.390. The topological polar surface area (TPSA) is 35.5 Å². The number of halogens is 1. The van der Waals surface area contributed by atoms with Gasteiger partial charge in [-0.05, 0) is 82.1 Å².